The zero-order valence-electron chi connectivity index (χ0n) is 7.16. The molecule has 2 atom stereocenters. The fourth-order valence-corrected chi connectivity index (χ4v) is 2.13. The van der Waals surface area contributed by atoms with E-state index in [0.717, 1.165) is 12.1 Å². The van der Waals surface area contributed by atoms with Crippen LogP contribution in [0.15, 0.2) is 0 Å². The van der Waals surface area contributed by atoms with Crippen molar-refractivity contribution in [3.8, 4) is 0 Å². The minimum absolute atomic E-state index is 1.04. The van der Waals surface area contributed by atoms with Gasteiger partial charge in [0.05, 0.1) is 12.1 Å². The zero-order valence-corrected chi connectivity index (χ0v) is 7.16. The number of amides is 1. The number of piperidine rings is 1. The van der Waals surface area contributed by atoms with Crippen molar-refractivity contribution in [2.75, 3.05) is 0 Å². The lowest BCUT2D eigenvalue weighted by Crippen LogP contribution is -2.92. The molecule has 0 spiro atoms. The molecular weight excluding hydrogens is 156 g/mol. The van der Waals surface area contributed by atoms with Gasteiger partial charge in [0.15, 0.2) is 0 Å². The van der Waals surface area contributed by atoms with Gasteiger partial charge in [-0.15, -0.1) is 0 Å². The van der Waals surface area contributed by atoms with Gasteiger partial charge in [-0.25, -0.2) is 0 Å². The zero-order chi connectivity index (χ0) is 8.97. The predicted molar refractivity (Wildman–Crippen MR) is 42.2 cm³/mol. The van der Waals surface area contributed by atoms with Crippen LogP contribution in [0.4, 0.5) is 4.79 Å². The Hall–Kier alpha value is -0.770. The molecule has 2 rings (SSSR count). The molecule has 4 N–H and O–H groups in total. The maximum Gasteiger partial charge on any atom is 0.131 e. The summed E-state index contributed by atoms with van der Waals surface area (Å²) in [6.45, 7) is 0. The molecule has 1 amide bonds. The first-order valence-electron chi connectivity index (χ1n) is 4.50. The first kappa shape index (κ1) is 9.32. The summed E-state index contributed by atoms with van der Waals surface area (Å²) in [6.07, 6.45) is 5.92. The highest BCUT2D eigenvalue weighted by atomic mass is 16.4. The lowest BCUT2D eigenvalue weighted by molar-refractivity contribution is -0.709. The van der Waals surface area contributed by atoms with Crippen molar-refractivity contribution in [2.45, 2.75) is 44.2 Å². The molecule has 4 heteroatoms. The van der Waals surface area contributed by atoms with Crippen LogP contribution in [0.1, 0.15) is 32.1 Å². The average molecular weight is 172 g/mol. The van der Waals surface area contributed by atoms with Gasteiger partial charge in [0.2, 0.25) is 0 Å². The van der Waals surface area contributed by atoms with Gasteiger partial charge in [0.25, 0.3) is 0 Å². The van der Waals surface area contributed by atoms with Crippen molar-refractivity contribution in [3.05, 3.63) is 0 Å². The van der Waals surface area contributed by atoms with Crippen molar-refractivity contribution < 1.29 is 15.2 Å². The van der Waals surface area contributed by atoms with E-state index in [4.69, 9.17) is 9.90 Å². The van der Waals surface area contributed by atoms with E-state index in [1.807, 2.05) is 0 Å². The Labute approximate surface area is 72.1 Å². The van der Waals surface area contributed by atoms with Crippen molar-refractivity contribution in [1.29, 1.82) is 0 Å². The molecule has 2 aliphatic heterocycles. The van der Waals surface area contributed by atoms with Crippen LogP contribution in [-0.2, 0) is 0 Å². The highest BCUT2D eigenvalue weighted by molar-refractivity contribution is 5.58. The Morgan fingerprint density at radius 1 is 1.25 bits per heavy atom. The highest BCUT2D eigenvalue weighted by Gasteiger charge is 2.31. The number of carboxylic acid groups (broad SMARTS) is 1. The van der Waals surface area contributed by atoms with Crippen LogP contribution >= 0.6 is 0 Å². The van der Waals surface area contributed by atoms with Crippen LogP contribution in [0.5, 0.6) is 0 Å². The molecule has 2 fully saturated rings. The summed E-state index contributed by atoms with van der Waals surface area (Å²) in [6, 6.07) is 2.07. The number of primary amides is 1. The van der Waals surface area contributed by atoms with E-state index in [1.54, 1.807) is 0 Å². The van der Waals surface area contributed by atoms with Crippen molar-refractivity contribution in [2.24, 2.45) is 5.73 Å². The predicted octanol–water partition coefficient (Wildman–Crippen LogP) is -1.45. The van der Waals surface area contributed by atoms with E-state index in [-0.39, 0.29) is 0 Å². The second kappa shape index (κ2) is 4.30. The van der Waals surface area contributed by atoms with E-state index >= 15 is 0 Å². The Morgan fingerprint density at radius 3 is 2.00 bits per heavy atom. The fraction of sp³-hybridized carbons (Fsp3) is 0.875. The standard InChI is InChI=1S/C7H13N.CH3NO2/c1-2-6-4-5-7(3-1)8-6;2-1(3)4/h6-8H,1-5H2;2H2,(H,3,4). The van der Waals surface area contributed by atoms with Gasteiger partial charge in [-0.2, -0.15) is 0 Å². The number of rotatable bonds is 0. The monoisotopic (exact) mass is 172 g/mol. The largest absolute Gasteiger partial charge is 0.530 e. The molecule has 70 valence electrons. The molecule has 0 radical (unpaired) electrons. The van der Waals surface area contributed by atoms with Crippen LogP contribution in [0.2, 0.25) is 0 Å². The maximum absolute atomic E-state index is 8.67. The second-order valence-corrected chi connectivity index (χ2v) is 3.54. The van der Waals surface area contributed by atoms with E-state index in [1.165, 1.54) is 32.1 Å². The number of quaternary nitrogens is 1. The van der Waals surface area contributed by atoms with Gasteiger partial charge in [-0.1, -0.05) is 0 Å². The van der Waals surface area contributed by atoms with E-state index in [0.29, 0.717) is 0 Å². The quantitative estimate of drug-likeness (QED) is 0.469. The molecule has 0 saturated carbocycles. The summed E-state index contributed by atoms with van der Waals surface area (Å²) in [5.74, 6) is 0. The fourth-order valence-electron chi connectivity index (χ4n) is 2.13. The summed E-state index contributed by atoms with van der Waals surface area (Å²) >= 11 is 0. The Bertz CT molecular complexity index is 143. The maximum atomic E-state index is 8.67. The summed E-state index contributed by atoms with van der Waals surface area (Å²) in [5.41, 5.74) is 3.92. The normalized spacial score (nSPS) is 32.0. The number of carbonyl (C=O) groups is 1. The molecule has 12 heavy (non-hydrogen) atoms. The van der Waals surface area contributed by atoms with Crippen LogP contribution < -0.4 is 16.2 Å². The molecule has 0 aromatic rings. The summed E-state index contributed by atoms with van der Waals surface area (Å²) in [7, 11) is 0. The van der Waals surface area contributed by atoms with Gasteiger partial charge in [0.1, 0.15) is 6.09 Å². The van der Waals surface area contributed by atoms with Gasteiger partial charge >= 0.3 is 0 Å². The highest BCUT2D eigenvalue weighted by Crippen LogP contribution is 2.19. The van der Waals surface area contributed by atoms with Gasteiger partial charge in [-0.3, -0.25) is 0 Å². The molecule has 0 aliphatic carbocycles. The molecule has 2 unspecified atom stereocenters. The van der Waals surface area contributed by atoms with Crippen molar-refractivity contribution in [3.63, 3.8) is 0 Å². The number of hydrogen-bond donors (Lipinski definition) is 2. The Balaban J connectivity index is 0.000000157. The molecular formula is C8H16N2O2. The Kier molecular flexibility index (Phi) is 3.34. The third-order valence-electron chi connectivity index (χ3n) is 2.60. The van der Waals surface area contributed by atoms with Crippen molar-refractivity contribution >= 4 is 6.09 Å². The first-order chi connectivity index (χ1) is 5.68. The van der Waals surface area contributed by atoms with Crippen molar-refractivity contribution in [1.82, 2.24) is 0 Å². The number of hydrogen-bond acceptors (Lipinski definition) is 2. The number of carbonyl (C=O) groups excluding carboxylic acids is 1. The molecule has 2 bridgehead atoms. The second-order valence-electron chi connectivity index (χ2n) is 3.54. The molecule has 0 aromatic carbocycles. The molecule has 2 saturated heterocycles. The first-order valence-corrected chi connectivity index (χ1v) is 4.50. The summed E-state index contributed by atoms with van der Waals surface area (Å²) in [5, 5.41) is 11.3. The van der Waals surface area contributed by atoms with E-state index in [9.17, 15) is 0 Å². The minimum Gasteiger partial charge on any atom is -0.530 e. The molecule has 0 aromatic heterocycles. The third-order valence-corrected chi connectivity index (χ3v) is 2.60. The summed E-state index contributed by atoms with van der Waals surface area (Å²) in [4.78, 5) is 8.67. The lowest BCUT2D eigenvalue weighted by Gasteiger charge is -2.16. The Morgan fingerprint density at radius 2 is 1.67 bits per heavy atom. The SMILES string of the molecule is C1CC2CCC(C1)[NH2+]2.NC(=O)[O-]. The third kappa shape index (κ3) is 3.09. The topological polar surface area (TPSA) is 82.8 Å². The number of fused-ring (bicyclic) bond motifs is 2. The minimum atomic E-state index is -1.58. The molecule has 4 nitrogen and oxygen atoms in total. The lowest BCUT2D eigenvalue weighted by atomic mass is 10.1. The van der Waals surface area contributed by atoms with Crippen LogP contribution in [0, 0.1) is 0 Å². The summed E-state index contributed by atoms with van der Waals surface area (Å²) < 4.78 is 0. The van der Waals surface area contributed by atoms with E-state index < -0.39 is 6.09 Å². The smallest absolute Gasteiger partial charge is 0.131 e. The van der Waals surface area contributed by atoms with Gasteiger partial charge < -0.3 is 21.0 Å². The van der Waals surface area contributed by atoms with Crippen LogP contribution in [0.25, 0.3) is 0 Å². The van der Waals surface area contributed by atoms with Gasteiger partial charge in [-0.05, 0) is 19.3 Å². The van der Waals surface area contributed by atoms with Crippen LogP contribution in [-0.4, -0.2) is 18.2 Å². The average Bonchev–Trinajstić information content (AvgIpc) is 2.30. The number of nitrogens with two attached hydrogens (primary N) is 2. The van der Waals surface area contributed by atoms with E-state index in [2.05, 4.69) is 11.1 Å². The van der Waals surface area contributed by atoms with Crippen LogP contribution in [0.3, 0.4) is 0 Å². The molecule has 2 heterocycles. The molecule has 2 aliphatic rings. The van der Waals surface area contributed by atoms with Gasteiger partial charge in [0, 0.05) is 12.8 Å².